The summed E-state index contributed by atoms with van der Waals surface area (Å²) in [4.78, 5) is 15.1. The molecule has 1 aromatic carbocycles. The zero-order valence-electron chi connectivity index (χ0n) is 19.0. The van der Waals surface area contributed by atoms with Gasteiger partial charge >= 0.3 is 0 Å². The smallest absolute Gasteiger partial charge is 0.243 e. The third-order valence-electron chi connectivity index (χ3n) is 7.71. The van der Waals surface area contributed by atoms with Crippen LogP contribution in [0.15, 0.2) is 23.1 Å². The zero-order chi connectivity index (χ0) is 22.0. The Morgan fingerprint density at radius 2 is 1.71 bits per heavy atom. The van der Waals surface area contributed by atoms with E-state index in [-0.39, 0.29) is 11.9 Å². The molecule has 1 saturated carbocycles. The van der Waals surface area contributed by atoms with Gasteiger partial charge in [0.15, 0.2) is 0 Å². The highest BCUT2D eigenvalue weighted by molar-refractivity contribution is 7.89. The maximum absolute atomic E-state index is 13.2. The first kappa shape index (κ1) is 22.7. The summed E-state index contributed by atoms with van der Waals surface area (Å²) in [5.41, 5.74) is 2.48. The molecule has 0 radical (unpaired) electrons. The molecule has 2 fully saturated rings. The van der Waals surface area contributed by atoms with Gasteiger partial charge in [-0.3, -0.25) is 9.69 Å². The molecule has 6 nitrogen and oxygen atoms in total. The molecule has 1 amide bonds. The lowest BCUT2D eigenvalue weighted by Crippen LogP contribution is -2.52. The van der Waals surface area contributed by atoms with Gasteiger partial charge in [0.25, 0.3) is 0 Å². The quantitative estimate of drug-likeness (QED) is 0.754. The molecule has 2 aliphatic carbocycles. The Kier molecular flexibility index (Phi) is 7.04. The Bertz CT molecular complexity index is 893. The minimum Gasteiger partial charge on any atom is -0.352 e. The van der Waals surface area contributed by atoms with Crippen molar-refractivity contribution in [2.75, 3.05) is 32.7 Å². The molecule has 172 valence electrons. The molecule has 3 atom stereocenters. The largest absolute Gasteiger partial charge is 0.352 e. The van der Waals surface area contributed by atoms with Crippen molar-refractivity contribution in [1.82, 2.24) is 14.5 Å². The number of carbonyl (C=O) groups is 1. The topological polar surface area (TPSA) is 69.7 Å². The molecule has 1 aromatic rings. The summed E-state index contributed by atoms with van der Waals surface area (Å²) in [5, 5.41) is 3.23. The van der Waals surface area contributed by atoms with Crippen molar-refractivity contribution in [3.8, 4) is 0 Å². The molecule has 3 unspecified atom stereocenters. The Morgan fingerprint density at radius 1 is 1.00 bits per heavy atom. The highest BCUT2D eigenvalue weighted by Crippen LogP contribution is 2.29. The first-order valence-electron chi connectivity index (χ1n) is 12.0. The second-order valence-corrected chi connectivity index (χ2v) is 11.7. The number of fused-ring (bicyclic) bond motifs is 1. The van der Waals surface area contributed by atoms with Gasteiger partial charge in [0, 0.05) is 32.2 Å². The van der Waals surface area contributed by atoms with Gasteiger partial charge in [-0.1, -0.05) is 32.8 Å². The van der Waals surface area contributed by atoms with Gasteiger partial charge in [0.1, 0.15) is 0 Å². The molecular weight excluding hydrogens is 410 g/mol. The van der Waals surface area contributed by atoms with Gasteiger partial charge in [-0.25, -0.2) is 8.42 Å². The number of hydrogen-bond donors (Lipinski definition) is 1. The minimum absolute atomic E-state index is 0.0666. The van der Waals surface area contributed by atoms with Crippen molar-refractivity contribution in [3.63, 3.8) is 0 Å². The van der Waals surface area contributed by atoms with Crippen LogP contribution in [0.5, 0.6) is 0 Å². The maximum atomic E-state index is 13.2. The summed E-state index contributed by atoms with van der Waals surface area (Å²) < 4.78 is 27.9. The van der Waals surface area contributed by atoms with Crippen LogP contribution in [0.3, 0.4) is 0 Å². The van der Waals surface area contributed by atoms with Crippen LogP contribution in [0, 0.1) is 11.8 Å². The number of carbonyl (C=O) groups excluding carboxylic acids is 1. The first-order chi connectivity index (χ1) is 14.8. The summed E-state index contributed by atoms with van der Waals surface area (Å²) in [6, 6.07) is 5.92. The van der Waals surface area contributed by atoms with Crippen molar-refractivity contribution in [1.29, 1.82) is 0 Å². The Hall–Kier alpha value is -1.44. The molecule has 31 heavy (non-hydrogen) atoms. The van der Waals surface area contributed by atoms with E-state index in [0.29, 0.717) is 49.5 Å². The van der Waals surface area contributed by atoms with Crippen molar-refractivity contribution in [2.24, 2.45) is 11.8 Å². The van der Waals surface area contributed by atoms with Crippen LogP contribution in [0.1, 0.15) is 57.1 Å². The van der Waals surface area contributed by atoms with E-state index in [4.69, 9.17) is 0 Å². The molecule has 0 spiro atoms. The molecule has 7 heteroatoms. The van der Waals surface area contributed by atoms with E-state index in [1.807, 2.05) is 12.1 Å². The lowest BCUT2D eigenvalue weighted by molar-refractivity contribution is -0.124. The summed E-state index contributed by atoms with van der Waals surface area (Å²) >= 11 is 0. The third-order valence-corrected chi connectivity index (χ3v) is 9.60. The second-order valence-electron chi connectivity index (χ2n) is 9.76. The van der Waals surface area contributed by atoms with Gasteiger partial charge in [0.2, 0.25) is 15.9 Å². The van der Waals surface area contributed by atoms with Gasteiger partial charge in [-0.2, -0.15) is 4.31 Å². The monoisotopic (exact) mass is 447 g/mol. The van der Waals surface area contributed by atoms with Gasteiger partial charge < -0.3 is 5.32 Å². The van der Waals surface area contributed by atoms with E-state index in [1.54, 1.807) is 10.4 Å². The lowest BCUT2D eigenvalue weighted by Gasteiger charge is -2.36. The van der Waals surface area contributed by atoms with Crippen LogP contribution in [0.25, 0.3) is 0 Å². The first-order valence-corrected chi connectivity index (χ1v) is 13.4. The summed E-state index contributed by atoms with van der Waals surface area (Å²) in [7, 11) is -3.48. The number of nitrogens with one attached hydrogen (secondary N) is 1. The molecule has 0 bridgehead atoms. The summed E-state index contributed by atoms with van der Waals surface area (Å²) in [5.74, 6) is 1.23. The number of sulfonamides is 1. The van der Waals surface area contributed by atoms with Gasteiger partial charge in [0.05, 0.1) is 11.4 Å². The number of piperazine rings is 1. The second kappa shape index (κ2) is 9.59. The van der Waals surface area contributed by atoms with Crippen LogP contribution in [-0.2, 0) is 27.7 Å². The maximum Gasteiger partial charge on any atom is 0.243 e. The van der Waals surface area contributed by atoms with E-state index in [9.17, 15) is 13.2 Å². The van der Waals surface area contributed by atoms with E-state index in [2.05, 4.69) is 24.1 Å². The fourth-order valence-corrected chi connectivity index (χ4v) is 6.86. The molecule has 1 aliphatic heterocycles. The number of rotatable bonds is 5. The molecular formula is C24H37N3O3S. The zero-order valence-corrected chi connectivity index (χ0v) is 19.8. The van der Waals surface area contributed by atoms with Crippen LogP contribution in [0.4, 0.5) is 0 Å². The molecule has 1 saturated heterocycles. The fraction of sp³-hybridized carbons (Fsp3) is 0.708. The molecule has 1 N–H and O–H groups in total. The van der Waals surface area contributed by atoms with Crippen LogP contribution < -0.4 is 5.32 Å². The Balaban J connectivity index is 1.30. The van der Waals surface area contributed by atoms with E-state index < -0.39 is 10.0 Å². The SMILES string of the molecule is CC1CCCC(NC(=O)CN2CCN(S(=O)(=O)c3ccc4c(c3)CCCC4)CC2)C1C. The van der Waals surface area contributed by atoms with Crippen molar-refractivity contribution >= 4 is 15.9 Å². The summed E-state index contributed by atoms with van der Waals surface area (Å²) in [6.07, 6.45) is 7.83. The van der Waals surface area contributed by atoms with Gasteiger partial charge in [-0.05, 0) is 67.2 Å². The predicted molar refractivity (Wildman–Crippen MR) is 122 cm³/mol. The standard InChI is InChI=1S/C24H37N3O3S/c1-18-6-5-9-23(19(18)2)25-24(28)17-26-12-14-27(15-13-26)31(29,30)22-11-10-20-7-3-4-8-21(20)16-22/h10-11,16,18-19,23H,3-9,12-15,17H2,1-2H3,(H,25,28). The fourth-order valence-electron chi connectivity index (χ4n) is 5.39. The minimum atomic E-state index is -3.48. The molecule has 1 heterocycles. The lowest BCUT2D eigenvalue weighted by atomic mass is 9.78. The highest BCUT2D eigenvalue weighted by atomic mass is 32.2. The molecule has 0 aromatic heterocycles. The predicted octanol–water partition coefficient (Wildman–Crippen LogP) is 2.81. The Labute approximate surface area is 187 Å². The Morgan fingerprint density at radius 3 is 2.45 bits per heavy atom. The number of amides is 1. The van der Waals surface area contributed by atoms with Crippen LogP contribution in [0.2, 0.25) is 0 Å². The number of nitrogens with zero attached hydrogens (tertiary/aromatic N) is 2. The average molecular weight is 448 g/mol. The van der Waals surface area contributed by atoms with E-state index in [1.165, 1.54) is 30.4 Å². The number of hydrogen-bond acceptors (Lipinski definition) is 4. The normalized spacial score (nSPS) is 28.1. The summed E-state index contributed by atoms with van der Waals surface area (Å²) in [6.45, 7) is 6.91. The van der Waals surface area contributed by atoms with Gasteiger partial charge in [-0.15, -0.1) is 0 Å². The molecule has 4 rings (SSSR count). The van der Waals surface area contributed by atoms with Crippen molar-refractivity contribution in [3.05, 3.63) is 29.3 Å². The van der Waals surface area contributed by atoms with E-state index >= 15 is 0 Å². The number of aryl methyl sites for hydroxylation is 2. The van der Waals surface area contributed by atoms with E-state index in [0.717, 1.165) is 25.7 Å². The van der Waals surface area contributed by atoms with Crippen molar-refractivity contribution < 1.29 is 13.2 Å². The highest BCUT2D eigenvalue weighted by Gasteiger charge is 2.31. The average Bonchev–Trinajstić information content (AvgIpc) is 2.77. The number of benzene rings is 1. The molecule has 3 aliphatic rings. The third kappa shape index (κ3) is 5.15. The van der Waals surface area contributed by atoms with Crippen LogP contribution >= 0.6 is 0 Å². The van der Waals surface area contributed by atoms with Crippen LogP contribution in [-0.4, -0.2) is 62.3 Å². The van der Waals surface area contributed by atoms with Crippen molar-refractivity contribution in [2.45, 2.75) is 69.7 Å².